The molecule has 0 atom stereocenters. The molecule has 0 spiro atoms. The van der Waals surface area contributed by atoms with Gasteiger partial charge in [0.1, 0.15) is 72.9 Å². The first kappa shape index (κ1) is 96.7. The molecule has 1 saturated carbocycles. The monoisotopic (exact) mass is 1860 g/mol. The molecule has 0 saturated heterocycles. The van der Waals surface area contributed by atoms with E-state index in [0.717, 1.165) is 191 Å². The average Bonchev–Trinajstić information content (AvgIpc) is 1.59. The summed E-state index contributed by atoms with van der Waals surface area (Å²) < 4.78 is 36.0. The summed E-state index contributed by atoms with van der Waals surface area (Å²) in [5.41, 5.74) is 45.1. The van der Waals surface area contributed by atoms with Crippen LogP contribution in [0.25, 0.3) is 197 Å². The molecule has 142 heavy (non-hydrogen) atoms. The summed E-state index contributed by atoms with van der Waals surface area (Å²) in [7, 11) is 8.48. The van der Waals surface area contributed by atoms with E-state index in [4.69, 9.17) is 44.0 Å². The van der Waals surface area contributed by atoms with Gasteiger partial charge in [0.15, 0.2) is 47.5 Å². The predicted octanol–water partition coefficient (Wildman–Crippen LogP) is 34.6. The van der Waals surface area contributed by atoms with E-state index in [-0.39, 0.29) is 10.8 Å². The van der Waals surface area contributed by atoms with Gasteiger partial charge in [-0.1, -0.05) is 262 Å². The van der Waals surface area contributed by atoms with Crippen LogP contribution in [0.3, 0.4) is 0 Å². The van der Waals surface area contributed by atoms with Gasteiger partial charge in [0.25, 0.3) is 0 Å². The molecule has 8 heterocycles. The summed E-state index contributed by atoms with van der Waals surface area (Å²) in [6.45, 7) is 73.4. The summed E-state index contributed by atoms with van der Waals surface area (Å²) >= 11 is 0. The minimum Gasteiger partial charge on any atom is -0.456 e. The molecule has 21 rings (SSSR count). The predicted molar refractivity (Wildman–Crippen MR) is 586 cm³/mol. The van der Waals surface area contributed by atoms with Crippen LogP contribution in [0.5, 0.6) is 0 Å². The number of fused-ring (bicyclic) bond motifs is 12. The molecule has 12 nitrogen and oxygen atoms in total. The molecule has 0 amide bonds. The Hall–Kier alpha value is -15.6. The van der Waals surface area contributed by atoms with Crippen LogP contribution in [0.2, 0.25) is 0 Å². The minimum atomic E-state index is 0.194. The molecule has 12 aromatic carbocycles. The van der Waals surface area contributed by atoms with Crippen LogP contribution >= 0.6 is 0 Å². The third-order valence-electron chi connectivity index (χ3n) is 28.7. The zero-order chi connectivity index (χ0) is 101. The van der Waals surface area contributed by atoms with E-state index in [1.165, 1.54) is 115 Å². The second-order valence-corrected chi connectivity index (χ2v) is 42.5. The summed E-state index contributed by atoms with van der Waals surface area (Å²) in [6, 6.07) is 77.1. The van der Waals surface area contributed by atoms with E-state index in [1.54, 1.807) is 0 Å². The van der Waals surface area contributed by atoms with Crippen molar-refractivity contribution in [2.75, 3.05) is 0 Å². The van der Waals surface area contributed by atoms with E-state index in [1.807, 2.05) is 140 Å². The molecule has 12 heteroatoms. The van der Waals surface area contributed by atoms with E-state index in [2.05, 4.69) is 307 Å². The molecule has 0 N–H and O–H groups in total. The van der Waals surface area contributed by atoms with E-state index < -0.39 is 0 Å². The number of benzene rings is 12. The van der Waals surface area contributed by atoms with Gasteiger partial charge in [-0.05, 0) is 220 Å². The Balaban J connectivity index is 0.000000125. The maximum absolute atomic E-state index is 7.82. The molecule has 8 aromatic heterocycles. The average molecular weight is 1860 g/mol. The first-order valence-electron chi connectivity index (χ1n) is 49.7. The standard InChI is InChI=1S/2C33H33N2O.C32H29N2O.C32H31N2O/c1-20-17-27(35(8)19-24(20)18-33(4,5)6)29-22(3)16-21(2)28-25-14-15-26(34-7)30(31(25)36-32(28)29)23-12-10-9-11-13-23;1-20-16-21(2)29(27-17-24(18-33(4,5)6)22(3)19-35(27)8)32-28(20)25-14-15-26(34-7)30(31(25)36-32)23-12-10-9-11-13-23;1-20-18-21(2)29(27-19-24(16-17-34(27)4)22-10-8-9-11-22)32-28(20)25-14-15-26(33-3)30(31(25)35-32)23-12-6-5-7-13-23;1-19(2)15-24-18-34(7)27(17-20(24)3)29-22(5)16-21(4)28-25-13-14-26(33-6)30(31(25)35-32(28)29)23-11-9-8-10-12-23/h2*9-17,19H,18H2,1-6,8H3;5-7,12-19,22H,8-11H2,1-2,4H3;8-14,16-19H,15H2,1-5,7H3/q4*+1. The Bertz CT molecular complexity index is 8630. The van der Waals surface area contributed by atoms with Crippen molar-refractivity contribution in [1.82, 2.24) is 0 Å². The van der Waals surface area contributed by atoms with Crippen molar-refractivity contribution in [3.05, 3.63) is 378 Å². The zero-order valence-corrected chi connectivity index (χ0v) is 86.5. The summed E-state index contributed by atoms with van der Waals surface area (Å²) in [6.07, 6.45) is 17.3. The highest BCUT2D eigenvalue weighted by molar-refractivity contribution is 6.21. The van der Waals surface area contributed by atoms with Crippen LogP contribution in [0.4, 0.5) is 22.7 Å². The first-order valence-corrected chi connectivity index (χ1v) is 49.7. The number of pyridine rings is 4. The van der Waals surface area contributed by atoms with Crippen molar-refractivity contribution in [1.29, 1.82) is 0 Å². The molecule has 0 aliphatic heterocycles. The Labute approximate surface area is 836 Å². The highest BCUT2D eigenvalue weighted by Crippen LogP contribution is 2.53. The van der Waals surface area contributed by atoms with Crippen LogP contribution in [0.1, 0.15) is 170 Å². The molecule has 706 valence electrons. The van der Waals surface area contributed by atoms with Gasteiger partial charge in [0, 0.05) is 112 Å². The fourth-order valence-electron chi connectivity index (χ4n) is 22.3. The molecule has 1 fully saturated rings. The van der Waals surface area contributed by atoms with Crippen LogP contribution in [0, 0.1) is 119 Å². The largest absolute Gasteiger partial charge is 0.456 e. The third kappa shape index (κ3) is 18.2. The molecule has 0 unspecified atom stereocenters. The minimum absolute atomic E-state index is 0.194. The highest BCUT2D eigenvalue weighted by Gasteiger charge is 2.34. The van der Waals surface area contributed by atoms with Gasteiger partial charge in [-0.2, -0.15) is 0 Å². The number of nitrogens with zero attached hydrogens (tertiary/aromatic N) is 8. The summed E-state index contributed by atoms with van der Waals surface area (Å²) in [5, 5.41) is 8.74. The summed E-state index contributed by atoms with van der Waals surface area (Å²) in [4.78, 5) is 15.4. The topological polar surface area (TPSA) is 85.5 Å². The Morgan fingerprint density at radius 1 is 0.296 bits per heavy atom. The molecular formula is C130H126N8O4+4. The lowest BCUT2D eigenvalue weighted by molar-refractivity contribution is -0.661. The van der Waals surface area contributed by atoms with Gasteiger partial charge in [-0.3, -0.25) is 0 Å². The molecule has 1 aliphatic carbocycles. The quantitative estimate of drug-likeness (QED) is 0.0850. The fourth-order valence-corrected chi connectivity index (χ4v) is 22.3. The normalized spacial score (nSPS) is 12.3. The number of hydrogen-bond acceptors (Lipinski definition) is 4. The lowest BCUT2D eigenvalue weighted by Crippen LogP contribution is -2.32. The van der Waals surface area contributed by atoms with E-state index in [0.29, 0.717) is 34.6 Å². The maximum atomic E-state index is 7.82. The van der Waals surface area contributed by atoms with E-state index in [9.17, 15) is 0 Å². The number of rotatable bonds is 13. The van der Waals surface area contributed by atoms with Gasteiger partial charge >= 0.3 is 0 Å². The number of aromatic nitrogens is 4. The smallest absolute Gasteiger partial charge is 0.216 e. The van der Waals surface area contributed by atoms with Crippen molar-refractivity contribution in [2.45, 2.75) is 182 Å². The van der Waals surface area contributed by atoms with Crippen LogP contribution in [-0.4, -0.2) is 0 Å². The van der Waals surface area contributed by atoms with Gasteiger partial charge in [0.05, 0.1) is 48.5 Å². The lowest BCUT2D eigenvalue weighted by atomic mass is 9.86. The zero-order valence-electron chi connectivity index (χ0n) is 86.5. The van der Waals surface area contributed by atoms with Crippen molar-refractivity contribution in [3.8, 4) is 89.5 Å². The van der Waals surface area contributed by atoms with Crippen molar-refractivity contribution >= 4 is 111 Å². The molecule has 20 aromatic rings. The Morgan fingerprint density at radius 2 is 0.585 bits per heavy atom. The Kier molecular flexibility index (Phi) is 26.5. The van der Waals surface area contributed by atoms with Crippen LogP contribution < -0.4 is 18.3 Å². The first-order chi connectivity index (χ1) is 68.0. The molecule has 0 radical (unpaired) electrons. The summed E-state index contributed by atoms with van der Waals surface area (Å²) in [5.74, 6) is 1.26. The van der Waals surface area contributed by atoms with Gasteiger partial charge in [0.2, 0.25) is 22.8 Å². The van der Waals surface area contributed by atoms with Gasteiger partial charge in [-0.15, -0.1) is 0 Å². The fraction of sp³-hybridized carbons (Fsp3) is 0.262. The van der Waals surface area contributed by atoms with Crippen molar-refractivity contribution in [3.63, 3.8) is 0 Å². The molecular weight excluding hydrogens is 1740 g/mol. The van der Waals surface area contributed by atoms with E-state index >= 15 is 0 Å². The van der Waals surface area contributed by atoms with Gasteiger partial charge < -0.3 is 17.7 Å². The number of hydrogen-bond donors (Lipinski definition) is 0. The van der Waals surface area contributed by atoms with Crippen LogP contribution in [0.15, 0.2) is 267 Å². The third-order valence-corrected chi connectivity index (χ3v) is 28.7. The van der Waals surface area contributed by atoms with Crippen molar-refractivity contribution < 1.29 is 35.9 Å². The molecule has 0 bridgehead atoms. The van der Waals surface area contributed by atoms with Gasteiger partial charge in [-0.25, -0.2) is 37.6 Å². The second kappa shape index (κ2) is 38.9. The highest BCUT2D eigenvalue weighted by atomic mass is 16.3. The number of furan rings is 4. The number of aryl methyl sites for hydroxylation is 15. The Morgan fingerprint density at radius 3 is 0.894 bits per heavy atom. The maximum Gasteiger partial charge on any atom is 0.216 e. The lowest BCUT2D eigenvalue weighted by Gasteiger charge is -2.19. The van der Waals surface area contributed by atoms with Crippen molar-refractivity contribution in [2.24, 2.45) is 44.9 Å². The SMILES string of the molecule is [C-]#[N+]c1ccc2c(oc3c(-c4cc(C)c(CC(C)(C)C)c[n+]4C)c(C)cc(C)c32)c1-c1ccccc1.[C-]#[N+]c1ccc2c(oc3c(-c4cc(C)c(CC(C)C)c[n+]4C)c(C)cc(C)c32)c1-c1ccccc1.[C-]#[N+]c1ccc2c(oc3c(-c4cc(C5CCCC5)cc[n+]4C)c(C)cc(C)c32)c1-c1ccccc1.[C-]#[N+]c1ccc2c(oc3c(-c4cc(CC(C)(C)C)c(C)c[n+]4C)c(C)cc(C)c32)c1-c1ccccc1. The second-order valence-electron chi connectivity index (χ2n) is 42.5. The van der Waals surface area contributed by atoms with Crippen LogP contribution in [-0.2, 0) is 47.5 Å². The molecule has 1 aliphatic rings.